The highest BCUT2D eigenvalue weighted by Crippen LogP contribution is 2.20. The number of aryl methyl sites for hydroxylation is 1. The first-order chi connectivity index (χ1) is 10.7. The maximum Gasteiger partial charge on any atom is 0.348 e. The van der Waals surface area contributed by atoms with Gasteiger partial charge in [-0.05, 0) is 19.4 Å². The zero-order chi connectivity index (χ0) is 15.9. The average Bonchev–Trinajstić information content (AvgIpc) is 2.51. The van der Waals surface area contributed by atoms with E-state index in [9.17, 15) is 9.59 Å². The van der Waals surface area contributed by atoms with Gasteiger partial charge < -0.3 is 9.32 Å². The van der Waals surface area contributed by atoms with Crippen LogP contribution in [0.15, 0.2) is 57.8 Å². The fourth-order valence-electron chi connectivity index (χ4n) is 2.26. The van der Waals surface area contributed by atoms with Gasteiger partial charge in [-0.3, -0.25) is 4.79 Å². The molecule has 2 rings (SSSR count). The van der Waals surface area contributed by atoms with E-state index in [4.69, 9.17) is 4.42 Å². The van der Waals surface area contributed by atoms with Crippen LogP contribution in [0.1, 0.15) is 28.6 Å². The Labute approximate surface area is 129 Å². The van der Waals surface area contributed by atoms with E-state index < -0.39 is 5.63 Å². The van der Waals surface area contributed by atoms with Crippen molar-refractivity contribution in [2.45, 2.75) is 20.4 Å². The molecule has 0 aliphatic heterocycles. The maximum atomic E-state index is 11.9. The standard InChI is InChI=1S/C18H19NO3/c1-3-4-10-19(12-15-8-6-5-7-9-15)17-11-14(2)22-18(21)16(17)13-20/h3-9,11,13H,10,12H2,1-2H3/b4-3+. The molecular weight excluding hydrogens is 278 g/mol. The lowest BCUT2D eigenvalue weighted by molar-refractivity contribution is 0.112. The first kappa shape index (κ1) is 15.8. The number of hydrogen-bond donors (Lipinski definition) is 0. The molecule has 0 unspecified atom stereocenters. The van der Waals surface area contributed by atoms with Gasteiger partial charge in [0.25, 0.3) is 0 Å². The van der Waals surface area contributed by atoms with Crippen LogP contribution in [0.2, 0.25) is 0 Å². The third-order valence-electron chi connectivity index (χ3n) is 3.33. The summed E-state index contributed by atoms with van der Waals surface area (Å²) in [4.78, 5) is 25.2. The minimum atomic E-state index is -0.594. The van der Waals surface area contributed by atoms with E-state index in [1.807, 2.05) is 54.3 Å². The van der Waals surface area contributed by atoms with E-state index in [1.54, 1.807) is 13.0 Å². The summed E-state index contributed by atoms with van der Waals surface area (Å²) in [6, 6.07) is 11.7. The molecule has 1 aromatic heterocycles. The van der Waals surface area contributed by atoms with E-state index in [1.165, 1.54) is 0 Å². The number of hydrogen-bond acceptors (Lipinski definition) is 4. The fourth-order valence-corrected chi connectivity index (χ4v) is 2.26. The molecule has 0 aliphatic rings. The molecule has 0 fully saturated rings. The van der Waals surface area contributed by atoms with Gasteiger partial charge in [0, 0.05) is 19.2 Å². The van der Waals surface area contributed by atoms with Gasteiger partial charge in [0.05, 0.1) is 5.69 Å². The lowest BCUT2D eigenvalue weighted by Gasteiger charge is -2.24. The van der Waals surface area contributed by atoms with Crippen LogP contribution in [0.25, 0.3) is 0 Å². The third kappa shape index (κ3) is 3.73. The van der Waals surface area contributed by atoms with Crippen molar-refractivity contribution in [2.24, 2.45) is 0 Å². The lowest BCUT2D eigenvalue weighted by atomic mass is 10.1. The monoisotopic (exact) mass is 297 g/mol. The van der Waals surface area contributed by atoms with Crippen molar-refractivity contribution in [1.29, 1.82) is 0 Å². The molecule has 2 aromatic rings. The van der Waals surface area contributed by atoms with E-state index in [0.29, 0.717) is 30.8 Å². The molecule has 4 heteroatoms. The summed E-state index contributed by atoms with van der Waals surface area (Å²) in [5, 5.41) is 0. The highest BCUT2D eigenvalue weighted by Gasteiger charge is 2.15. The zero-order valence-corrected chi connectivity index (χ0v) is 12.8. The van der Waals surface area contributed by atoms with Crippen molar-refractivity contribution in [1.82, 2.24) is 0 Å². The topological polar surface area (TPSA) is 50.5 Å². The normalized spacial score (nSPS) is 10.8. The van der Waals surface area contributed by atoms with E-state index >= 15 is 0 Å². The second-order valence-electron chi connectivity index (χ2n) is 5.00. The first-order valence-corrected chi connectivity index (χ1v) is 7.15. The molecule has 0 saturated heterocycles. The van der Waals surface area contributed by atoms with Crippen LogP contribution in [-0.2, 0) is 6.54 Å². The number of carbonyl (C=O) groups is 1. The second-order valence-corrected chi connectivity index (χ2v) is 5.00. The first-order valence-electron chi connectivity index (χ1n) is 7.15. The van der Waals surface area contributed by atoms with Gasteiger partial charge in [-0.1, -0.05) is 42.5 Å². The number of benzene rings is 1. The van der Waals surface area contributed by atoms with Crippen molar-refractivity contribution in [3.05, 3.63) is 75.9 Å². The Balaban J connectivity index is 2.45. The summed E-state index contributed by atoms with van der Waals surface area (Å²) in [7, 11) is 0. The van der Waals surface area contributed by atoms with Crippen LogP contribution in [0.4, 0.5) is 5.69 Å². The van der Waals surface area contributed by atoms with Gasteiger partial charge in [-0.15, -0.1) is 0 Å². The maximum absolute atomic E-state index is 11.9. The van der Waals surface area contributed by atoms with Crippen molar-refractivity contribution >= 4 is 12.0 Å². The second kappa shape index (κ2) is 7.41. The molecule has 0 saturated carbocycles. The van der Waals surface area contributed by atoms with Crippen LogP contribution < -0.4 is 10.5 Å². The molecule has 0 aliphatic carbocycles. The Kier molecular flexibility index (Phi) is 5.31. The Morgan fingerprint density at radius 2 is 1.95 bits per heavy atom. The van der Waals surface area contributed by atoms with E-state index in [2.05, 4.69) is 0 Å². The quantitative estimate of drug-likeness (QED) is 0.606. The van der Waals surface area contributed by atoms with Crippen LogP contribution >= 0.6 is 0 Å². The summed E-state index contributed by atoms with van der Waals surface area (Å²) < 4.78 is 5.01. The van der Waals surface area contributed by atoms with E-state index in [-0.39, 0.29) is 5.56 Å². The highest BCUT2D eigenvalue weighted by molar-refractivity contribution is 5.83. The Morgan fingerprint density at radius 1 is 1.23 bits per heavy atom. The van der Waals surface area contributed by atoms with Gasteiger partial charge >= 0.3 is 5.63 Å². The number of allylic oxidation sites excluding steroid dienone is 1. The summed E-state index contributed by atoms with van der Waals surface area (Å²) in [5.41, 5.74) is 1.18. The lowest BCUT2D eigenvalue weighted by Crippen LogP contribution is -2.26. The average molecular weight is 297 g/mol. The summed E-state index contributed by atoms with van der Waals surface area (Å²) in [6.45, 7) is 4.85. The minimum absolute atomic E-state index is 0.0611. The molecule has 114 valence electrons. The van der Waals surface area contributed by atoms with Crippen molar-refractivity contribution < 1.29 is 9.21 Å². The molecule has 1 aromatic carbocycles. The zero-order valence-electron chi connectivity index (χ0n) is 12.8. The molecule has 0 radical (unpaired) electrons. The predicted octanol–water partition coefficient (Wildman–Crippen LogP) is 3.34. The Bertz CT molecular complexity index is 717. The largest absolute Gasteiger partial charge is 0.428 e. The molecule has 0 amide bonds. The van der Waals surface area contributed by atoms with Crippen LogP contribution in [-0.4, -0.2) is 12.8 Å². The fraction of sp³-hybridized carbons (Fsp3) is 0.222. The number of rotatable bonds is 6. The third-order valence-corrected chi connectivity index (χ3v) is 3.33. The molecule has 0 atom stereocenters. The molecule has 1 heterocycles. The molecular formula is C18H19NO3. The molecule has 0 bridgehead atoms. The van der Waals surface area contributed by atoms with E-state index in [0.717, 1.165) is 5.56 Å². The molecule has 0 spiro atoms. The highest BCUT2D eigenvalue weighted by atomic mass is 16.4. The van der Waals surface area contributed by atoms with Gasteiger partial charge in [-0.2, -0.15) is 0 Å². The number of anilines is 1. The number of aldehydes is 1. The molecule has 0 N–H and O–H groups in total. The molecule has 4 nitrogen and oxygen atoms in total. The van der Waals surface area contributed by atoms with Crippen LogP contribution in [0.3, 0.4) is 0 Å². The van der Waals surface area contributed by atoms with Crippen LogP contribution in [0, 0.1) is 6.92 Å². The summed E-state index contributed by atoms with van der Waals surface area (Å²) >= 11 is 0. The summed E-state index contributed by atoms with van der Waals surface area (Å²) in [5.74, 6) is 0.490. The smallest absolute Gasteiger partial charge is 0.348 e. The molecule has 22 heavy (non-hydrogen) atoms. The Hall–Kier alpha value is -2.62. The van der Waals surface area contributed by atoms with Crippen LogP contribution in [0.5, 0.6) is 0 Å². The minimum Gasteiger partial charge on any atom is -0.428 e. The summed E-state index contributed by atoms with van der Waals surface area (Å²) in [6.07, 6.45) is 4.49. The Morgan fingerprint density at radius 3 is 2.59 bits per heavy atom. The van der Waals surface area contributed by atoms with Crippen molar-refractivity contribution in [3.8, 4) is 0 Å². The van der Waals surface area contributed by atoms with Gasteiger partial charge in [-0.25, -0.2) is 4.79 Å². The van der Waals surface area contributed by atoms with Gasteiger partial charge in [0.15, 0.2) is 6.29 Å². The number of nitrogens with zero attached hydrogens (tertiary/aromatic N) is 1. The van der Waals surface area contributed by atoms with Crippen molar-refractivity contribution in [3.63, 3.8) is 0 Å². The van der Waals surface area contributed by atoms with Gasteiger partial charge in [0.2, 0.25) is 0 Å². The number of carbonyl (C=O) groups excluding carboxylic acids is 1. The van der Waals surface area contributed by atoms with Crippen molar-refractivity contribution in [2.75, 3.05) is 11.4 Å². The SMILES string of the molecule is C/C=C/CN(Cc1ccccc1)c1cc(C)oc(=O)c1C=O. The van der Waals surface area contributed by atoms with Gasteiger partial charge in [0.1, 0.15) is 11.3 Å². The predicted molar refractivity (Wildman–Crippen MR) is 87.4 cm³/mol.